The summed E-state index contributed by atoms with van der Waals surface area (Å²) >= 11 is 0. The second-order valence-electron chi connectivity index (χ2n) is 6.10. The summed E-state index contributed by atoms with van der Waals surface area (Å²) < 4.78 is 0. The molecule has 1 unspecified atom stereocenters. The van der Waals surface area contributed by atoms with E-state index in [1.54, 1.807) is 24.7 Å². The van der Waals surface area contributed by atoms with Crippen LogP contribution in [0.2, 0.25) is 0 Å². The molecule has 0 aliphatic carbocycles. The SMILES string of the molecule is CC(=O)/C(C#N)=C(\c1ncccc1C)N1CCC(c2ncccn2)C1. The van der Waals surface area contributed by atoms with Gasteiger partial charge in [-0.05, 0) is 38.0 Å². The third-order valence-electron chi connectivity index (χ3n) is 4.39. The van der Waals surface area contributed by atoms with Crippen LogP contribution in [0.15, 0.2) is 42.4 Å². The van der Waals surface area contributed by atoms with Crippen LogP contribution in [0.1, 0.15) is 36.3 Å². The molecule has 0 N–H and O–H groups in total. The number of rotatable bonds is 4. The molecule has 0 bridgehead atoms. The summed E-state index contributed by atoms with van der Waals surface area (Å²) in [6.07, 6.45) is 6.03. The van der Waals surface area contributed by atoms with Gasteiger partial charge in [-0.1, -0.05) is 6.07 Å². The molecule has 2 aromatic rings. The molecule has 1 saturated heterocycles. The van der Waals surface area contributed by atoms with E-state index in [4.69, 9.17) is 0 Å². The molecule has 1 aliphatic rings. The molecule has 0 spiro atoms. The highest BCUT2D eigenvalue weighted by Gasteiger charge is 2.31. The highest BCUT2D eigenvalue weighted by atomic mass is 16.1. The number of likely N-dealkylation sites (tertiary alicyclic amines) is 1. The van der Waals surface area contributed by atoms with Crippen molar-refractivity contribution in [3.63, 3.8) is 0 Å². The third-order valence-corrected chi connectivity index (χ3v) is 4.39. The number of hydrogen-bond acceptors (Lipinski definition) is 6. The molecule has 0 saturated carbocycles. The molecule has 3 rings (SSSR count). The lowest BCUT2D eigenvalue weighted by molar-refractivity contribution is -0.113. The highest BCUT2D eigenvalue weighted by molar-refractivity contribution is 6.04. The van der Waals surface area contributed by atoms with Crippen molar-refractivity contribution in [2.45, 2.75) is 26.2 Å². The molecule has 2 aromatic heterocycles. The van der Waals surface area contributed by atoms with Gasteiger partial charge in [-0.15, -0.1) is 0 Å². The van der Waals surface area contributed by atoms with E-state index >= 15 is 0 Å². The van der Waals surface area contributed by atoms with Crippen molar-refractivity contribution in [3.8, 4) is 6.07 Å². The molecule has 126 valence electrons. The standard InChI is InChI=1S/C19H19N5O/c1-13-5-3-7-21-17(13)18(16(11-20)14(2)25)24-10-6-15(12-24)19-22-8-4-9-23-19/h3-5,7-9,15H,6,10,12H2,1-2H3/b18-16+. The molecule has 0 radical (unpaired) electrons. The first-order valence-electron chi connectivity index (χ1n) is 8.21. The molecule has 1 fully saturated rings. The van der Waals surface area contributed by atoms with Crippen LogP contribution in [-0.4, -0.2) is 38.7 Å². The van der Waals surface area contributed by atoms with Gasteiger partial charge in [0.1, 0.15) is 17.5 Å². The van der Waals surface area contributed by atoms with Crippen molar-refractivity contribution in [3.05, 3.63) is 59.4 Å². The van der Waals surface area contributed by atoms with E-state index < -0.39 is 0 Å². The zero-order valence-electron chi connectivity index (χ0n) is 14.3. The van der Waals surface area contributed by atoms with Crippen LogP contribution < -0.4 is 0 Å². The Morgan fingerprint density at radius 1 is 1.24 bits per heavy atom. The van der Waals surface area contributed by atoms with Gasteiger partial charge in [-0.2, -0.15) is 5.26 Å². The number of nitrogens with zero attached hydrogens (tertiary/aromatic N) is 5. The third kappa shape index (κ3) is 3.41. The fourth-order valence-electron chi connectivity index (χ4n) is 3.15. The Labute approximate surface area is 146 Å². The molecule has 0 amide bonds. The van der Waals surface area contributed by atoms with Crippen molar-refractivity contribution >= 4 is 11.5 Å². The lowest BCUT2D eigenvalue weighted by Crippen LogP contribution is -2.23. The number of carbonyl (C=O) groups is 1. The average molecular weight is 333 g/mol. The van der Waals surface area contributed by atoms with Crippen LogP contribution in [0.25, 0.3) is 5.70 Å². The van der Waals surface area contributed by atoms with Gasteiger partial charge in [0.2, 0.25) is 0 Å². The Bertz CT molecular complexity index is 854. The number of Topliss-reactive ketones (excluding diaryl/α,β-unsaturated/α-hetero) is 1. The summed E-state index contributed by atoms with van der Waals surface area (Å²) in [6.45, 7) is 4.75. The summed E-state index contributed by atoms with van der Waals surface area (Å²) in [5, 5.41) is 9.55. The Hall–Kier alpha value is -3.07. The minimum Gasteiger partial charge on any atom is -0.368 e. The second-order valence-corrected chi connectivity index (χ2v) is 6.10. The van der Waals surface area contributed by atoms with Crippen LogP contribution in [0.3, 0.4) is 0 Å². The average Bonchev–Trinajstić information content (AvgIpc) is 3.10. The quantitative estimate of drug-likeness (QED) is 0.631. The van der Waals surface area contributed by atoms with E-state index in [2.05, 4.69) is 25.9 Å². The van der Waals surface area contributed by atoms with Gasteiger partial charge in [0.15, 0.2) is 5.78 Å². The van der Waals surface area contributed by atoms with Crippen LogP contribution in [0.4, 0.5) is 0 Å². The number of allylic oxidation sites excluding steroid dienone is 1. The smallest absolute Gasteiger partial charge is 0.172 e. The predicted molar refractivity (Wildman–Crippen MR) is 93.2 cm³/mol. The van der Waals surface area contributed by atoms with Gasteiger partial charge >= 0.3 is 0 Å². The summed E-state index contributed by atoms with van der Waals surface area (Å²) in [5.41, 5.74) is 2.39. The van der Waals surface area contributed by atoms with Crippen molar-refractivity contribution in [1.82, 2.24) is 19.9 Å². The Kier molecular flexibility index (Phi) is 4.85. The first-order chi connectivity index (χ1) is 12.1. The summed E-state index contributed by atoms with van der Waals surface area (Å²) in [5.74, 6) is 0.720. The van der Waals surface area contributed by atoms with Gasteiger partial charge in [0.05, 0.1) is 11.4 Å². The number of nitriles is 1. The normalized spacial score (nSPS) is 17.8. The largest absolute Gasteiger partial charge is 0.368 e. The molecule has 3 heterocycles. The van der Waals surface area contributed by atoms with E-state index in [-0.39, 0.29) is 17.3 Å². The maximum atomic E-state index is 12.0. The molecule has 6 heteroatoms. The molecule has 1 aliphatic heterocycles. The van der Waals surface area contributed by atoms with Crippen LogP contribution in [-0.2, 0) is 4.79 Å². The van der Waals surface area contributed by atoms with Gasteiger partial charge in [0, 0.05) is 37.6 Å². The van der Waals surface area contributed by atoms with Crippen molar-refractivity contribution in [1.29, 1.82) is 5.26 Å². The zero-order chi connectivity index (χ0) is 17.8. The first kappa shape index (κ1) is 16.8. The highest BCUT2D eigenvalue weighted by Crippen LogP contribution is 2.33. The van der Waals surface area contributed by atoms with E-state index in [1.165, 1.54) is 6.92 Å². The molecular weight excluding hydrogens is 314 g/mol. The molecule has 0 aromatic carbocycles. The molecule has 25 heavy (non-hydrogen) atoms. The summed E-state index contributed by atoms with van der Waals surface area (Å²) in [6, 6.07) is 7.65. The van der Waals surface area contributed by atoms with Crippen molar-refractivity contribution in [2.24, 2.45) is 0 Å². The number of aromatic nitrogens is 3. The van der Waals surface area contributed by atoms with Crippen LogP contribution in [0.5, 0.6) is 0 Å². The van der Waals surface area contributed by atoms with Gasteiger partial charge in [-0.25, -0.2) is 9.97 Å². The number of ketones is 1. The summed E-state index contributed by atoms with van der Waals surface area (Å²) in [7, 11) is 0. The molecule has 1 atom stereocenters. The number of hydrogen-bond donors (Lipinski definition) is 0. The monoisotopic (exact) mass is 333 g/mol. The Morgan fingerprint density at radius 3 is 2.60 bits per heavy atom. The van der Waals surface area contributed by atoms with E-state index in [0.717, 1.165) is 24.4 Å². The van der Waals surface area contributed by atoms with Gasteiger partial charge in [0.25, 0.3) is 0 Å². The van der Waals surface area contributed by atoms with E-state index in [1.807, 2.05) is 19.1 Å². The second kappa shape index (κ2) is 7.22. The van der Waals surface area contributed by atoms with Crippen molar-refractivity contribution < 1.29 is 4.79 Å². The molecular formula is C19H19N5O. The Morgan fingerprint density at radius 2 is 1.96 bits per heavy atom. The van der Waals surface area contributed by atoms with Crippen molar-refractivity contribution in [2.75, 3.05) is 13.1 Å². The predicted octanol–water partition coefficient (Wildman–Crippen LogP) is 2.49. The van der Waals surface area contributed by atoms with Crippen LogP contribution >= 0.6 is 0 Å². The number of pyridine rings is 1. The Balaban J connectivity index is 2.02. The molecule has 6 nitrogen and oxygen atoms in total. The number of aryl methyl sites for hydroxylation is 1. The van der Waals surface area contributed by atoms with Gasteiger partial charge in [-0.3, -0.25) is 9.78 Å². The lowest BCUT2D eigenvalue weighted by Gasteiger charge is -2.24. The lowest BCUT2D eigenvalue weighted by atomic mass is 10.0. The minimum absolute atomic E-state index is 0.149. The van der Waals surface area contributed by atoms with E-state index in [0.29, 0.717) is 17.9 Å². The van der Waals surface area contributed by atoms with Gasteiger partial charge < -0.3 is 4.90 Å². The fourth-order valence-corrected chi connectivity index (χ4v) is 3.15. The number of carbonyl (C=O) groups excluding carboxylic acids is 1. The first-order valence-corrected chi connectivity index (χ1v) is 8.21. The fraction of sp³-hybridized carbons (Fsp3) is 0.316. The zero-order valence-corrected chi connectivity index (χ0v) is 14.3. The summed E-state index contributed by atoms with van der Waals surface area (Å²) in [4.78, 5) is 27.2. The minimum atomic E-state index is -0.248. The topological polar surface area (TPSA) is 82.8 Å². The van der Waals surface area contributed by atoms with Crippen LogP contribution in [0, 0.1) is 18.3 Å². The van der Waals surface area contributed by atoms with E-state index in [9.17, 15) is 10.1 Å². The maximum absolute atomic E-state index is 12.0. The maximum Gasteiger partial charge on any atom is 0.172 e.